The smallest absolute Gasteiger partial charge is 0.0443 e. The molecule has 0 saturated heterocycles. The first-order valence-electron chi connectivity index (χ1n) is 6.31. The molecule has 2 nitrogen and oxygen atoms in total. The number of rotatable bonds is 6. The summed E-state index contributed by atoms with van der Waals surface area (Å²) in [5, 5.41) is 3.29. The average Bonchev–Trinajstić information content (AvgIpc) is 2.87. The molecular formula is C15H20N2S. The lowest BCUT2D eigenvalue weighted by atomic mass is 10.2. The summed E-state index contributed by atoms with van der Waals surface area (Å²) >= 11 is 1.91. The Labute approximate surface area is 113 Å². The molecule has 2 rings (SSSR count). The van der Waals surface area contributed by atoms with E-state index in [1.54, 1.807) is 0 Å². The molecule has 3 heteroatoms. The van der Waals surface area contributed by atoms with E-state index in [9.17, 15) is 0 Å². The first kappa shape index (κ1) is 13.2. The molecule has 0 aliphatic carbocycles. The molecule has 1 aromatic heterocycles. The monoisotopic (exact) mass is 260 g/mol. The van der Waals surface area contributed by atoms with Crippen LogP contribution in [-0.2, 0) is 6.54 Å². The van der Waals surface area contributed by atoms with Gasteiger partial charge in [0.2, 0.25) is 0 Å². The normalized spacial score (nSPS) is 12.6. The Morgan fingerprint density at radius 3 is 2.67 bits per heavy atom. The summed E-state index contributed by atoms with van der Waals surface area (Å²) in [7, 11) is 2.00. The molecule has 1 unspecified atom stereocenters. The van der Waals surface area contributed by atoms with Gasteiger partial charge in [-0.1, -0.05) is 18.2 Å². The standard InChI is InChI=1S/C15H20N2S/c1-13(16-2)15-9-6-10-17(15)11-12-18-14-7-4-3-5-8-14/h3-10,13,16H,11-12H2,1-2H3. The van der Waals surface area contributed by atoms with Crippen LogP contribution in [0.25, 0.3) is 0 Å². The van der Waals surface area contributed by atoms with Gasteiger partial charge in [-0.05, 0) is 38.2 Å². The molecule has 0 aliphatic heterocycles. The largest absolute Gasteiger partial charge is 0.349 e. The van der Waals surface area contributed by atoms with Gasteiger partial charge in [0.15, 0.2) is 0 Å². The van der Waals surface area contributed by atoms with E-state index in [1.165, 1.54) is 10.6 Å². The van der Waals surface area contributed by atoms with E-state index in [4.69, 9.17) is 0 Å². The van der Waals surface area contributed by atoms with Crippen LogP contribution in [-0.4, -0.2) is 17.4 Å². The molecule has 0 bridgehead atoms. The van der Waals surface area contributed by atoms with Crippen LogP contribution in [0, 0.1) is 0 Å². The summed E-state index contributed by atoms with van der Waals surface area (Å²) in [5.41, 5.74) is 1.35. The number of aryl methyl sites for hydroxylation is 1. The minimum absolute atomic E-state index is 0.404. The van der Waals surface area contributed by atoms with E-state index in [2.05, 4.69) is 65.5 Å². The first-order chi connectivity index (χ1) is 8.81. The molecule has 1 atom stereocenters. The summed E-state index contributed by atoms with van der Waals surface area (Å²) in [4.78, 5) is 1.34. The van der Waals surface area contributed by atoms with E-state index in [0.717, 1.165) is 12.3 Å². The van der Waals surface area contributed by atoms with Gasteiger partial charge >= 0.3 is 0 Å². The van der Waals surface area contributed by atoms with Crippen LogP contribution in [0.15, 0.2) is 53.6 Å². The highest BCUT2D eigenvalue weighted by Crippen LogP contribution is 2.19. The minimum Gasteiger partial charge on any atom is -0.349 e. The topological polar surface area (TPSA) is 17.0 Å². The third kappa shape index (κ3) is 3.40. The molecule has 2 aromatic rings. The van der Waals surface area contributed by atoms with Crippen molar-refractivity contribution in [1.29, 1.82) is 0 Å². The second-order valence-corrected chi connectivity index (χ2v) is 5.47. The fraction of sp³-hybridized carbons (Fsp3) is 0.333. The van der Waals surface area contributed by atoms with Gasteiger partial charge in [-0.2, -0.15) is 0 Å². The predicted octanol–water partition coefficient (Wildman–Crippen LogP) is 3.56. The van der Waals surface area contributed by atoms with Gasteiger partial charge in [0.25, 0.3) is 0 Å². The lowest BCUT2D eigenvalue weighted by Crippen LogP contribution is -2.17. The summed E-state index contributed by atoms with van der Waals surface area (Å²) in [5.74, 6) is 1.10. The highest BCUT2D eigenvalue weighted by atomic mass is 32.2. The van der Waals surface area contributed by atoms with Gasteiger partial charge < -0.3 is 9.88 Å². The third-order valence-corrected chi connectivity index (χ3v) is 4.08. The van der Waals surface area contributed by atoms with Crippen molar-refractivity contribution in [3.63, 3.8) is 0 Å². The Morgan fingerprint density at radius 1 is 1.17 bits per heavy atom. The third-order valence-electron chi connectivity index (χ3n) is 3.09. The van der Waals surface area contributed by atoms with E-state index in [0.29, 0.717) is 6.04 Å². The van der Waals surface area contributed by atoms with Crippen molar-refractivity contribution in [2.24, 2.45) is 0 Å². The summed E-state index contributed by atoms with van der Waals surface area (Å²) < 4.78 is 2.33. The van der Waals surface area contributed by atoms with E-state index >= 15 is 0 Å². The van der Waals surface area contributed by atoms with E-state index in [-0.39, 0.29) is 0 Å². The van der Waals surface area contributed by atoms with Crippen molar-refractivity contribution in [1.82, 2.24) is 9.88 Å². The summed E-state index contributed by atoms with van der Waals surface area (Å²) in [6.07, 6.45) is 2.16. The fourth-order valence-electron chi connectivity index (χ4n) is 1.95. The molecule has 1 heterocycles. The maximum atomic E-state index is 3.29. The van der Waals surface area contributed by atoms with Crippen molar-refractivity contribution in [3.8, 4) is 0 Å². The number of hydrogen-bond donors (Lipinski definition) is 1. The van der Waals surface area contributed by atoms with Gasteiger partial charge in [-0.3, -0.25) is 0 Å². The molecule has 0 fully saturated rings. The molecule has 0 aliphatic rings. The Morgan fingerprint density at radius 2 is 1.94 bits per heavy atom. The van der Waals surface area contributed by atoms with Gasteiger partial charge in [0.1, 0.15) is 0 Å². The predicted molar refractivity (Wildman–Crippen MR) is 79.1 cm³/mol. The van der Waals surface area contributed by atoms with Crippen LogP contribution in [0.1, 0.15) is 18.7 Å². The Bertz CT molecular complexity index is 464. The second-order valence-electron chi connectivity index (χ2n) is 4.30. The number of benzene rings is 1. The molecule has 0 radical (unpaired) electrons. The number of thioether (sulfide) groups is 1. The quantitative estimate of drug-likeness (QED) is 0.800. The molecule has 0 spiro atoms. The molecule has 1 N–H and O–H groups in total. The molecular weight excluding hydrogens is 240 g/mol. The zero-order valence-corrected chi connectivity index (χ0v) is 11.8. The molecule has 96 valence electrons. The van der Waals surface area contributed by atoms with Crippen molar-refractivity contribution in [2.75, 3.05) is 12.8 Å². The number of nitrogens with zero attached hydrogens (tertiary/aromatic N) is 1. The SMILES string of the molecule is CNC(C)c1cccn1CCSc1ccccc1. The van der Waals surface area contributed by atoms with Crippen LogP contribution >= 0.6 is 11.8 Å². The Kier molecular flexibility index (Phi) is 4.90. The van der Waals surface area contributed by atoms with Gasteiger partial charge in [-0.15, -0.1) is 11.8 Å². The molecule has 18 heavy (non-hydrogen) atoms. The van der Waals surface area contributed by atoms with Crippen LogP contribution in [0.5, 0.6) is 0 Å². The van der Waals surface area contributed by atoms with Crippen LogP contribution in [0.2, 0.25) is 0 Å². The van der Waals surface area contributed by atoms with E-state index < -0.39 is 0 Å². The number of aromatic nitrogens is 1. The highest BCUT2D eigenvalue weighted by Gasteiger charge is 2.07. The van der Waals surface area contributed by atoms with E-state index in [1.807, 2.05) is 18.8 Å². The van der Waals surface area contributed by atoms with Gasteiger partial charge in [0.05, 0.1) is 0 Å². The fourth-order valence-corrected chi connectivity index (χ4v) is 2.82. The van der Waals surface area contributed by atoms with Crippen molar-refractivity contribution in [2.45, 2.75) is 24.4 Å². The second kappa shape index (κ2) is 6.66. The maximum Gasteiger partial charge on any atom is 0.0443 e. The van der Waals surface area contributed by atoms with Crippen LogP contribution < -0.4 is 5.32 Å². The number of hydrogen-bond acceptors (Lipinski definition) is 2. The molecule has 0 amide bonds. The molecule has 0 saturated carbocycles. The van der Waals surface area contributed by atoms with Gasteiger partial charge in [0, 0.05) is 35.1 Å². The van der Waals surface area contributed by atoms with Crippen molar-refractivity contribution in [3.05, 3.63) is 54.4 Å². The van der Waals surface area contributed by atoms with Crippen molar-refractivity contribution < 1.29 is 0 Å². The maximum absolute atomic E-state index is 3.29. The Hall–Kier alpha value is -1.19. The lowest BCUT2D eigenvalue weighted by molar-refractivity contribution is 0.584. The van der Waals surface area contributed by atoms with Crippen molar-refractivity contribution >= 4 is 11.8 Å². The number of nitrogens with one attached hydrogen (secondary N) is 1. The zero-order chi connectivity index (χ0) is 12.8. The average molecular weight is 260 g/mol. The van der Waals surface area contributed by atoms with Crippen LogP contribution in [0.4, 0.5) is 0 Å². The lowest BCUT2D eigenvalue weighted by Gasteiger charge is -2.14. The Balaban J connectivity index is 1.89. The van der Waals surface area contributed by atoms with Crippen LogP contribution in [0.3, 0.4) is 0 Å². The molecule has 1 aromatic carbocycles. The summed E-state index contributed by atoms with van der Waals surface area (Å²) in [6.45, 7) is 3.24. The van der Waals surface area contributed by atoms with Gasteiger partial charge in [-0.25, -0.2) is 0 Å². The zero-order valence-electron chi connectivity index (χ0n) is 11.0. The summed E-state index contributed by atoms with van der Waals surface area (Å²) in [6, 6.07) is 15.3. The first-order valence-corrected chi connectivity index (χ1v) is 7.30. The minimum atomic E-state index is 0.404. The highest BCUT2D eigenvalue weighted by molar-refractivity contribution is 7.99.